The number of ether oxygens (including phenoxy) is 1. The number of sulfonamides is 1. The van der Waals surface area contributed by atoms with Crippen molar-refractivity contribution in [2.24, 2.45) is 0 Å². The van der Waals surface area contributed by atoms with E-state index in [0.717, 1.165) is 10.2 Å². The van der Waals surface area contributed by atoms with Gasteiger partial charge in [0.15, 0.2) is 0 Å². The van der Waals surface area contributed by atoms with Crippen molar-refractivity contribution >= 4 is 38.9 Å². The molecule has 0 atom stereocenters. The number of methoxy groups -OCH3 is 1. The van der Waals surface area contributed by atoms with Crippen LogP contribution in [-0.4, -0.2) is 25.3 Å². The number of rotatable bonds is 5. The second-order valence-corrected chi connectivity index (χ2v) is 8.29. The summed E-state index contributed by atoms with van der Waals surface area (Å²) in [4.78, 5) is 12.2. The Morgan fingerprint density at radius 3 is 2.43 bits per heavy atom. The maximum Gasteiger partial charge on any atom is 0.291 e. The van der Waals surface area contributed by atoms with Gasteiger partial charge in [0.25, 0.3) is 15.6 Å². The molecule has 1 aromatic heterocycles. The molecule has 0 saturated heterocycles. The van der Waals surface area contributed by atoms with Crippen molar-refractivity contribution in [1.82, 2.24) is 9.78 Å². The van der Waals surface area contributed by atoms with Crippen LogP contribution in [-0.2, 0) is 10.0 Å². The Bertz CT molecular complexity index is 1190. The van der Waals surface area contributed by atoms with Crippen molar-refractivity contribution in [3.63, 3.8) is 0 Å². The molecule has 0 bridgehead atoms. The summed E-state index contributed by atoms with van der Waals surface area (Å²) < 4.78 is 34.1. The minimum absolute atomic E-state index is 0.00733. The molecule has 7 nitrogen and oxygen atoms in total. The van der Waals surface area contributed by atoms with Gasteiger partial charge in [-0.1, -0.05) is 29.3 Å². The molecule has 0 fully saturated rings. The van der Waals surface area contributed by atoms with Crippen molar-refractivity contribution in [1.29, 1.82) is 0 Å². The number of nitrogens with one attached hydrogen (secondary N) is 1. The number of hydrogen-bond acceptors (Lipinski definition) is 5. The second-order valence-electron chi connectivity index (χ2n) is 5.83. The van der Waals surface area contributed by atoms with Crippen LogP contribution >= 0.6 is 23.2 Å². The molecule has 2 aromatic carbocycles. The van der Waals surface area contributed by atoms with Crippen molar-refractivity contribution in [3.05, 3.63) is 74.6 Å². The SMILES string of the molecule is COc1ccc(C)cc1NS(=O)(=O)c1ccc(-n2ncc(Cl)c(Cl)c2=O)cc1. The van der Waals surface area contributed by atoms with E-state index >= 15 is 0 Å². The number of aromatic nitrogens is 2. The van der Waals surface area contributed by atoms with Gasteiger partial charge in [0.1, 0.15) is 10.8 Å². The average Bonchev–Trinajstić information content (AvgIpc) is 2.66. The monoisotopic (exact) mass is 439 g/mol. The number of halogens is 2. The lowest BCUT2D eigenvalue weighted by molar-refractivity contribution is 0.417. The van der Waals surface area contributed by atoms with Gasteiger partial charge in [-0.15, -0.1) is 0 Å². The van der Waals surface area contributed by atoms with E-state index in [1.807, 2.05) is 13.0 Å². The van der Waals surface area contributed by atoms with Gasteiger partial charge >= 0.3 is 0 Å². The highest BCUT2D eigenvalue weighted by molar-refractivity contribution is 7.92. The maximum atomic E-state index is 12.7. The quantitative estimate of drug-likeness (QED) is 0.654. The summed E-state index contributed by atoms with van der Waals surface area (Å²) in [7, 11) is -2.41. The van der Waals surface area contributed by atoms with Crippen LogP contribution < -0.4 is 15.0 Å². The molecule has 0 aliphatic carbocycles. The summed E-state index contributed by atoms with van der Waals surface area (Å²) in [6, 6.07) is 10.8. The summed E-state index contributed by atoms with van der Waals surface area (Å²) >= 11 is 11.6. The normalized spacial score (nSPS) is 11.3. The molecular weight excluding hydrogens is 425 g/mol. The Balaban J connectivity index is 1.94. The van der Waals surface area contributed by atoms with Crippen LogP contribution in [0.25, 0.3) is 5.69 Å². The fourth-order valence-corrected chi connectivity index (χ4v) is 3.78. The molecule has 3 rings (SSSR count). The van der Waals surface area contributed by atoms with Crippen molar-refractivity contribution < 1.29 is 13.2 Å². The summed E-state index contributed by atoms with van der Waals surface area (Å²) in [5, 5.41) is 3.78. The largest absolute Gasteiger partial charge is 0.495 e. The minimum atomic E-state index is -3.87. The van der Waals surface area contributed by atoms with Crippen molar-refractivity contribution in [2.75, 3.05) is 11.8 Å². The molecule has 3 aromatic rings. The summed E-state index contributed by atoms with van der Waals surface area (Å²) in [5.74, 6) is 0.400. The highest BCUT2D eigenvalue weighted by Gasteiger charge is 2.17. The number of nitrogens with zero attached hydrogens (tertiary/aromatic N) is 2. The van der Waals surface area contributed by atoms with Crippen LogP contribution in [0.2, 0.25) is 10.0 Å². The van der Waals surface area contributed by atoms with Crippen molar-refractivity contribution in [3.8, 4) is 11.4 Å². The lowest BCUT2D eigenvalue weighted by atomic mass is 10.2. The number of hydrogen-bond donors (Lipinski definition) is 1. The van der Waals surface area contributed by atoms with Crippen LogP contribution in [0, 0.1) is 6.92 Å². The molecule has 0 unspecified atom stereocenters. The highest BCUT2D eigenvalue weighted by atomic mass is 35.5. The van der Waals surface area contributed by atoms with Gasteiger partial charge < -0.3 is 4.74 Å². The van der Waals surface area contributed by atoms with Gasteiger partial charge in [-0.2, -0.15) is 9.78 Å². The van der Waals surface area contributed by atoms with Gasteiger partial charge in [0.05, 0.1) is 34.6 Å². The standard InChI is InChI=1S/C18H15Cl2N3O4S/c1-11-3-8-16(27-2)15(9-11)22-28(25,26)13-6-4-12(5-7-13)23-18(24)17(20)14(19)10-21-23/h3-10,22H,1-2H3. The maximum absolute atomic E-state index is 12.7. The molecule has 0 aliphatic rings. The molecule has 0 amide bonds. The molecule has 0 saturated carbocycles. The first-order valence-electron chi connectivity index (χ1n) is 7.94. The van der Waals surface area contributed by atoms with Crippen LogP contribution in [0.4, 0.5) is 5.69 Å². The highest BCUT2D eigenvalue weighted by Crippen LogP contribution is 2.28. The van der Waals surface area contributed by atoms with Crippen molar-refractivity contribution in [2.45, 2.75) is 11.8 Å². The smallest absolute Gasteiger partial charge is 0.291 e. The van der Waals surface area contributed by atoms with Gasteiger partial charge in [0, 0.05) is 0 Å². The predicted octanol–water partition coefficient (Wildman–Crippen LogP) is 3.66. The van der Waals surface area contributed by atoms with E-state index < -0.39 is 15.6 Å². The van der Waals surface area contributed by atoms with Gasteiger partial charge in [-0.05, 0) is 48.9 Å². The topological polar surface area (TPSA) is 90.3 Å². The lowest BCUT2D eigenvalue weighted by Gasteiger charge is -2.13. The zero-order valence-corrected chi connectivity index (χ0v) is 17.1. The molecule has 1 heterocycles. The minimum Gasteiger partial charge on any atom is -0.495 e. The zero-order chi connectivity index (χ0) is 20.5. The van der Waals surface area contributed by atoms with Gasteiger partial charge in [-0.25, -0.2) is 8.42 Å². The Labute approximate surface area is 171 Å². The molecule has 10 heteroatoms. The first kappa shape index (κ1) is 20.2. The van der Waals surface area contributed by atoms with E-state index in [9.17, 15) is 13.2 Å². The summed E-state index contributed by atoms with van der Waals surface area (Å²) in [5.41, 5.74) is 0.941. The molecule has 1 N–H and O–H groups in total. The third-order valence-electron chi connectivity index (χ3n) is 3.87. The van der Waals surface area contributed by atoms with Crippen LogP contribution in [0.3, 0.4) is 0 Å². The first-order valence-corrected chi connectivity index (χ1v) is 10.2. The third-order valence-corrected chi connectivity index (χ3v) is 6.00. The number of benzene rings is 2. The van der Waals surface area contributed by atoms with E-state index in [4.69, 9.17) is 27.9 Å². The Hall–Kier alpha value is -2.55. The third kappa shape index (κ3) is 3.99. The van der Waals surface area contributed by atoms with E-state index in [1.165, 1.54) is 37.6 Å². The zero-order valence-electron chi connectivity index (χ0n) is 14.8. The molecule has 0 radical (unpaired) electrons. The molecule has 0 aliphatic heterocycles. The summed E-state index contributed by atoms with van der Waals surface area (Å²) in [6.45, 7) is 1.84. The number of aryl methyl sites for hydroxylation is 1. The van der Waals surface area contributed by atoms with E-state index in [2.05, 4.69) is 9.82 Å². The average molecular weight is 440 g/mol. The molecule has 28 heavy (non-hydrogen) atoms. The lowest BCUT2D eigenvalue weighted by Crippen LogP contribution is -2.21. The predicted molar refractivity (Wildman–Crippen MR) is 108 cm³/mol. The van der Waals surface area contributed by atoms with Crippen LogP contribution in [0.1, 0.15) is 5.56 Å². The Kier molecular flexibility index (Phi) is 5.64. The fraction of sp³-hybridized carbons (Fsp3) is 0.111. The first-order chi connectivity index (χ1) is 13.2. The van der Waals surface area contributed by atoms with E-state index in [1.54, 1.807) is 12.1 Å². The van der Waals surface area contributed by atoms with Gasteiger partial charge in [0.2, 0.25) is 0 Å². The summed E-state index contributed by atoms with van der Waals surface area (Å²) in [6.07, 6.45) is 1.24. The van der Waals surface area contributed by atoms with Crippen LogP contribution in [0.15, 0.2) is 58.4 Å². The fourth-order valence-electron chi connectivity index (χ4n) is 2.47. The van der Waals surface area contributed by atoms with E-state index in [-0.39, 0.29) is 14.9 Å². The Morgan fingerprint density at radius 2 is 1.79 bits per heavy atom. The number of anilines is 1. The molecule has 0 spiro atoms. The Morgan fingerprint density at radius 1 is 1.11 bits per heavy atom. The van der Waals surface area contributed by atoms with E-state index in [0.29, 0.717) is 17.1 Å². The second kappa shape index (κ2) is 7.83. The van der Waals surface area contributed by atoms with Crippen LogP contribution in [0.5, 0.6) is 5.75 Å². The molecular formula is C18H15Cl2N3O4S. The van der Waals surface area contributed by atoms with Gasteiger partial charge in [-0.3, -0.25) is 9.52 Å². The molecule has 146 valence electrons.